The second-order valence-corrected chi connectivity index (χ2v) is 9.10. The Bertz CT molecular complexity index is 320. The third kappa shape index (κ3) is 9.65. The molecule has 0 fully saturated rings. The van der Waals surface area contributed by atoms with Crippen molar-refractivity contribution in [3.63, 3.8) is 0 Å². The standard InChI is InChI=1S/C25H53N3/c1-9-13-17-21(5)27(22(6)18-14-10-2)25(26)28(23(7)19-15-11-3)24(8)20-16-12-4/h21-24,26H,9-20H2,1-8H3. The highest BCUT2D eigenvalue weighted by atomic mass is 15.4. The molecule has 0 aliphatic heterocycles. The molecule has 1 N–H and O–H groups in total. The van der Waals surface area contributed by atoms with Crippen LogP contribution in [0.15, 0.2) is 0 Å². The topological polar surface area (TPSA) is 30.3 Å². The van der Waals surface area contributed by atoms with Gasteiger partial charge in [-0.25, -0.2) is 0 Å². The lowest BCUT2D eigenvalue weighted by Crippen LogP contribution is -2.56. The van der Waals surface area contributed by atoms with Crippen molar-refractivity contribution in [3.05, 3.63) is 0 Å². The molecule has 0 aliphatic rings. The summed E-state index contributed by atoms with van der Waals surface area (Å²) in [6.07, 6.45) is 14.7. The van der Waals surface area contributed by atoms with Gasteiger partial charge >= 0.3 is 0 Å². The first-order valence-corrected chi connectivity index (χ1v) is 12.5. The highest BCUT2D eigenvalue weighted by Crippen LogP contribution is 2.23. The third-order valence-electron chi connectivity index (χ3n) is 6.29. The van der Waals surface area contributed by atoms with Gasteiger partial charge in [0.15, 0.2) is 5.96 Å². The summed E-state index contributed by atoms with van der Waals surface area (Å²) in [5.74, 6) is 0.791. The average Bonchev–Trinajstić information content (AvgIpc) is 2.67. The SMILES string of the molecule is CCCCC(C)N(C(=N)N(C(C)CCCC)C(C)CCCC)C(C)CCCC. The van der Waals surface area contributed by atoms with Crippen molar-refractivity contribution < 1.29 is 0 Å². The fraction of sp³-hybridized carbons (Fsp3) is 0.960. The summed E-state index contributed by atoms with van der Waals surface area (Å²) in [5.41, 5.74) is 0. The van der Waals surface area contributed by atoms with E-state index < -0.39 is 0 Å². The number of nitrogens with one attached hydrogen (secondary N) is 1. The summed E-state index contributed by atoms with van der Waals surface area (Å²) in [5, 5.41) is 9.32. The Balaban J connectivity index is 5.59. The number of nitrogens with zero attached hydrogens (tertiary/aromatic N) is 2. The number of unbranched alkanes of at least 4 members (excludes halogenated alkanes) is 4. The predicted molar refractivity (Wildman–Crippen MR) is 127 cm³/mol. The summed E-state index contributed by atoms with van der Waals surface area (Å²) in [6, 6.07) is 1.77. The van der Waals surface area contributed by atoms with E-state index in [9.17, 15) is 5.41 Å². The van der Waals surface area contributed by atoms with Crippen LogP contribution in [0.3, 0.4) is 0 Å². The maximum absolute atomic E-state index is 9.32. The van der Waals surface area contributed by atoms with Crippen LogP contribution < -0.4 is 0 Å². The highest BCUT2D eigenvalue weighted by Gasteiger charge is 2.30. The van der Waals surface area contributed by atoms with E-state index in [4.69, 9.17) is 0 Å². The van der Waals surface area contributed by atoms with Crippen LogP contribution in [0.25, 0.3) is 0 Å². The molecule has 28 heavy (non-hydrogen) atoms. The summed E-state index contributed by atoms with van der Waals surface area (Å²) in [4.78, 5) is 4.94. The molecule has 0 rings (SSSR count). The van der Waals surface area contributed by atoms with Crippen molar-refractivity contribution in [1.29, 1.82) is 5.41 Å². The molecule has 0 saturated carbocycles. The van der Waals surface area contributed by atoms with Crippen LogP contribution in [-0.4, -0.2) is 39.9 Å². The Hall–Kier alpha value is -0.730. The number of rotatable bonds is 16. The van der Waals surface area contributed by atoms with E-state index in [1.54, 1.807) is 0 Å². The maximum atomic E-state index is 9.32. The smallest absolute Gasteiger partial charge is 0.194 e. The fourth-order valence-corrected chi connectivity index (χ4v) is 4.39. The van der Waals surface area contributed by atoms with Crippen molar-refractivity contribution >= 4 is 5.96 Å². The van der Waals surface area contributed by atoms with E-state index in [0.717, 1.165) is 5.96 Å². The van der Waals surface area contributed by atoms with Crippen LogP contribution in [0, 0.1) is 5.41 Å². The molecule has 4 unspecified atom stereocenters. The summed E-state index contributed by atoms with van der Waals surface area (Å²) < 4.78 is 0. The van der Waals surface area contributed by atoms with Crippen LogP contribution in [0.2, 0.25) is 0 Å². The molecule has 0 amide bonds. The van der Waals surface area contributed by atoms with Gasteiger partial charge in [0.2, 0.25) is 0 Å². The maximum Gasteiger partial charge on any atom is 0.194 e. The molecule has 0 aromatic rings. The van der Waals surface area contributed by atoms with Gasteiger partial charge < -0.3 is 9.80 Å². The molecule has 0 spiro atoms. The van der Waals surface area contributed by atoms with Crippen LogP contribution >= 0.6 is 0 Å². The zero-order valence-electron chi connectivity index (χ0n) is 20.7. The monoisotopic (exact) mass is 395 g/mol. The molecular formula is C25H53N3. The van der Waals surface area contributed by atoms with E-state index >= 15 is 0 Å². The van der Waals surface area contributed by atoms with Gasteiger partial charge in [0.05, 0.1) is 0 Å². The Kier molecular flexibility index (Phi) is 15.7. The lowest BCUT2D eigenvalue weighted by molar-refractivity contribution is 0.152. The third-order valence-corrected chi connectivity index (χ3v) is 6.29. The molecular weight excluding hydrogens is 342 g/mol. The van der Waals surface area contributed by atoms with Gasteiger partial charge in [0.1, 0.15) is 0 Å². The van der Waals surface area contributed by atoms with Gasteiger partial charge in [0.25, 0.3) is 0 Å². The molecule has 4 atom stereocenters. The van der Waals surface area contributed by atoms with E-state index in [0.29, 0.717) is 24.2 Å². The molecule has 168 valence electrons. The van der Waals surface area contributed by atoms with Crippen molar-refractivity contribution in [1.82, 2.24) is 9.80 Å². The molecule has 0 aliphatic carbocycles. The van der Waals surface area contributed by atoms with Crippen LogP contribution in [-0.2, 0) is 0 Å². The molecule has 0 saturated heterocycles. The molecule has 0 bridgehead atoms. The molecule has 3 heteroatoms. The highest BCUT2D eigenvalue weighted by molar-refractivity contribution is 5.78. The fourth-order valence-electron chi connectivity index (χ4n) is 4.39. The van der Waals surface area contributed by atoms with Gasteiger partial charge in [-0.15, -0.1) is 0 Å². The lowest BCUT2D eigenvalue weighted by atomic mass is 10.0. The zero-order valence-corrected chi connectivity index (χ0v) is 20.7. The van der Waals surface area contributed by atoms with Gasteiger partial charge in [-0.05, 0) is 53.4 Å². The number of hydrogen-bond donors (Lipinski definition) is 1. The Morgan fingerprint density at radius 1 is 0.536 bits per heavy atom. The van der Waals surface area contributed by atoms with Crippen molar-refractivity contribution in [2.75, 3.05) is 0 Å². The second kappa shape index (κ2) is 16.1. The van der Waals surface area contributed by atoms with Gasteiger partial charge in [-0.1, -0.05) is 79.1 Å². The minimum absolute atomic E-state index is 0.443. The number of guanidine groups is 1. The largest absolute Gasteiger partial charge is 0.338 e. The quantitative estimate of drug-likeness (QED) is 0.213. The Labute approximate surface area is 178 Å². The summed E-state index contributed by atoms with van der Waals surface area (Å²) in [6.45, 7) is 18.5. The van der Waals surface area contributed by atoms with E-state index in [1.165, 1.54) is 77.0 Å². The van der Waals surface area contributed by atoms with Crippen molar-refractivity contribution in [3.8, 4) is 0 Å². The first kappa shape index (κ1) is 27.3. The average molecular weight is 396 g/mol. The van der Waals surface area contributed by atoms with Gasteiger partial charge in [-0.3, -0.25) is 5.41 Å². The summed E-state index contributed by atoms with van der Waals surface area (Å²) >= 11 is 0. The predicted octanol–water partition coefficient (Wildman–Crippen LogP) is 7.84. The Morgan fingerprint density at radius 2 is 0.750 bits per heavy atom. The van der Waals surface area contributed by atoms with Crippen LogP contribution in [0.5, 0.6) is 0 Å². The van der Waals surface area contributed by atoms with E-state index in [1.807, 2.05) is 0 Å². The number of hydrogen-bond acceptors (Lipinski definition) is 1. The Morgan fingerprint density at radius 3 is 0.929 bits per heavy atom. The van der Waals surface area contributed by atoms with Crippen LogP contribution in [0.4, 0.5) is 0 Å². The molecule has 0 heterocycles. The van der Waals surface area contributed by atoms with Gasteiger partial charge in [-0.2, -0.15) is 0 Å². The first-order chi connectivity index (χ1) is 13.3. The molecule has 0 aromatic heterocycles. The second-order valence-electron chi connectivity index (χ2n) is 9.10. The van der Waals surface area contributed by atoms with Crippen LogP contribution in [0.1, 0.15) is 132 Å². The minimum Gasteiger partial charge on any atom is -0.338 e. The minimum atomic E-state index is 0.443. The normalized spacial score (nSPS) is 15.7. The van der Waals surface area contributed by atoms with Crippen molar-refractivity contribution in [2.45, 2.75) is 157 Å². The molecule has 0 radical (unpaired) electrons. The summed E-state index contributed by atoms with van der Waals surface area (Å²) in [7, 11) is 0. The zero-order chi connectivity index (χ0) is 21.5. The molecule has 0 aromatic carbocycles. The van der Waals surface area contributed by atoms with Gasteiger partial charge in [0, 0.05) is 24.2 Å². The van der Waals surface area contributed by atoms with E-state index in [2.05, 4.69) is 65.2 Å². The first-order valence-electron chi connectivity index (χ1n) is 12.5. The molecule has 3 nitrogen and oxygen atoms in total. The van der Waals surface area contributed by atoms with Crippen molar-refractivity contribution in [2.24, 2.45) is 0 Å². The lowest BCUT2D eigenvalue weighted by Gasteiger charge is -2.46. The van der Waals surface area contributed by atoms with E-state index in [-0.39, 0.29) is 0 Å².